The van der Waals surface area contributed by atoms with Crippen LogP contribution >= 0.6 is 0 Å². The summed E-state index contributed by atoms with van der Waals surface area (Å²) >= 11 is 0. The monoisotopic (exact) mass is 208 g/mol. The molecule has 0 spiro atoms. The van der Waals surface area contributed by atoms with Gasteiger partial charge in [-0.15, -0.1) is 0 Å². The number of carboxylic acid groups (broad SMARTS) is 1. The van der Waals surface area contributed by atoms with Crippen molar-refractivity contribution in [1.29, 1.82) is 0 Å². The van der Waals surface area contributed by atoms with Gasteiger partial charge in [-0.3, -0.25) is 0 Å². The Morgan fingerprint density at radius 3 is 2.40 bits per heavy atom. The van der Waals surface area contributed by atoms with Crippen LogP contribution in [0.25, 0.3) is 0 Å². The maximum Gasteiger partial charge on any atom is 0.329 e. The topological polar surface area (TPSA) is 55.1 Å². The molecule has 0 unspecified atom stereocenters. The van der Waals surface area contributed by atoms with Crippen molar-refractivity contribution in [2.24, 2.45) is 0 Å². The van der Waals surface area contributed by atoms with Crippen LogP contribution in [0.1, 0.15) is 38.5 Å². The highest BCUT2D eigenvalue weighted by Crippen LogP contribution is 2.33. The number of rotatable bonds is 2. The summed E-state index contributed by atoms with van der Waals surface area (Å²) in [7, 11) is 0. The van der Waals surface area contributed by atoms with Gasteiger partial charge in [-0.1, -0.05) is 25.7 Å². The van der Waals surface area contributed by atoms with E-state index in [4.69, 9.17) is 0 Å². The summed E-state index contributed by atoms with van der Waals surface area (Å²) in [6, 6.07) is 0. The third-order valence-electron chi connectivity index (χ3n) is 3.33. The normalized spacial score (nSPS) is 20.8. The molecule has 0 atom stereocenters. The SMILES string of the molecule is O=C(O)C1(n2ccnc2)CCCCCC1. The number of hydrogen-bond donors (Lipinski definition) is 1. The van der Waals surface area contributed by atoms with Crippen molar-refractivity contribution >= 4 is 5.97 Å². The van der Waals surface area contributed by atoms with Gasteiger partial charge in [0.1, 0.15) is 5.54 Å². The molecule has 0 bridgehead atoms. The Morgan fingerprint density at radius 1 is 1.27 bits per heavy atom. The lowest BCUT2D eigenvalue weighted by Gasteiger charge is -2.29. The van der Waals surface area contributed by atoms with Gasteiger partial charge in [0.25, 0.3) is 0 Å². The number of aliphatic carboxylic acids is 1. The second-order valence-corrected chi connectivity index (χ2v) is 4.22. The predicted molar refractivity (Wildman–Crippen MR) is 55.5 cm³/mol. The van der Waals surface area contributed by atoms with Crippen LogP contribution in [0.5, 0.6) is 0 Å². The number of nitrogens with zero attached hydrogens (tertiary/aromatic N) is 2. The molecule has 0 amide bonds. The number of aromatic nitrogens is 2. The Balaban J connectivity index is 2.34. The van der Waals surface area contributed by atoms with Crippen LogP contribution < -0.4 is 0 Å². The third kappa shape index (κ3) is 1.76. The zero-order valence-corrected chi connectivity index (χ0v) is 8.72. The molecule has 1 aromatic heterocycles. The van der Waals surface area contributed by atoms with Gasteiger partial charge in [-0.2, -0.15) is 0 Å². The standard InChI is InChI=1S/C11H16N2O2/c14-10(15)11(13-8-7-12-9-13)5-3-1-2-4-6-11/h7-9H,1-6H2,(H,14,15). The van der Waals surface area contributed by atoms with Crippen molar-refractivity contribution in [3.05, 3.63) is 18.7 Å². The molecule has 1 aliphatic rings. The fraction of sp³-hybridized carbons (Fsp3) is 0.636. The van der Waals surface area contributed by atoms with Crippen LogP contribution in [0.3, 0.4) is 0 Å². The average molecular weight is 208 g/mol. The Hall–Kier alpha value is -1.32. The van der Waals surface area contributed by atoms with E-state index < -0.39 is 11.5 Å². The van der Waals surface area contributed by atoms with E-state index in [1.807, 2.05) is 0 Å². The average Bonchev–Trinajstić information content (AvgIpc) is 2.63. The van der Waals surface area contributed by atoms with Gasteiger partial charge in [0.2, 0.25) is 0 Å². The van der Waals surface area contributed by atoms with Gasteiger partial charge in [-0.05, 0) is 12.8 Å². The first-order valence-corrected chi connectivity index (χ1v) is 5.47. The number of hydrogen-bond acceptors (Lipinski definition) is 2. The van der Waals surface area contributed by atoms with E-state index in [0.717, 1.165) is 38.5 Å². The van der Waals surface area contributed by atoms with E-state index in [2.05, 4.69) is 4.98 Å². The molecule has 0 aromatic carbocycles. The molecule has 15 heavy (non-hydrogen) atoms. The summed E-state index contributed by atoms with van der Waals surface area (Å²) in [5, 5.41) is 9.44. The van der Waals surface area contributed by atoms with E-state index in [9.17, 15) is 9.90 Å². The minimum atomic E-state index is -0.743. The molecule has 4 heteroatoms. The van der Waals surface area contributed by atoms with Crippen LogP contribution in [0.15, 0.2) is 18.7 Å². The van der Waals surface area contributed by atoms with Crippen molar-refractivity contribution in [3.63, 3.8) is 0 Å². The Morgan fingerprint density at radius 2 is 1.93 bits per heavy atom. The van der Waals surface area contributed by atoms with E-state index in [1.165, 1.54) is 0 Å². The fourth-order valence-corrected chi connectivity index (χ4v) is 2.41. The van der Waals surface area contributed by atoms with E-state index in [1.54, 1.807) is 23.3 Å². The van der Waals surface area contributed by atoms with Gasteiger partial charge < -0.3 is 9.67 Å². The molecule has 1 fully saturated rings. The summed E-state index contributed by atoms with van der Waals surface area (Å²) < 4.78 is 1.76. The van der Waals surface area contributed by atoms with Gasteiger partial charge in [0, 0.05) is 12.4 Å². The maximum atomic E-state index is 11.5. The molecule has 4 nitrogen and oxygen atoms in total. The molecule has 1 saturated carbocycles. The lowest BCUT2D eigenvalue weighted by molar-refractivity contribution is -0.148. The van der Waals surface area contributed by atoms with Crippen molar-refractivity contribution in [1.82, 2.24) is 9.55 Å². The predicted octanol–water partition coefficient (Wildman–Crippen LogP) is 2.02. The minimum Gasteiger partial charge on any atom is -0.479 e. The molecule has 0 aliphatic heterocycles. The molecular formula is C11H16N2O2. The first-order chi connectivity index (χ1) is 7.26. The maximum absolute atomic E-state index is 11.5. The number of carboxylic acids is 1. The summed E-state index contributed by atoms with van der Waals surface area (Å²) in [6.07, 6.45) is 10.7. The summed E-state index contributed by atoms with van der Waals surface area (Å²) in [4.78, 5) is 15.4. The fourth-order valence-electron chi connectivity index (χ4n) is 2.41. The summed E-state index contributed by atoms with van der Waals surface area (Å²) in [6.45, 7) is 0. The molecular weight excluding hydrogens is 192 g/mol. The second kappa shape index (κ2) is 4.04. The van der Waals surface area contributed by atoms with Crippen LogP contribution in [-0.2, 0) is 10.3 Å². The zero-order valence-electron chi connectivity index (χ0n) is 8.72. The highest BCUT2D eigenvalue weighted by Gasteiger charge is 2.39. The lowest BCUT2D eigenvalue weighted by Crippen LogP contribution is -2.40. The van der Waals surface area contributed by atoms with Gasteiger partial charge in [0.05, 0.1) is 6.33 Å². The van der Waals surface area contributed by atoms with Crippen molar-refractivity contribution in [2.45, 2.75) is 44.1 Å². The van der Waals surface area contributed by atoms with Crippen molar-refractivity contribution in [2.75, 3.05) is 0 Å². The van der Waals surface area contributed by atoms with Crippen molar-refractivity contribution < 1.29 is 9.90 Å². The largest absolute Gasteiger partial charge is 0.479 e. The molecule has 2 rings (SSSR count). The number of imidazole rings is 1. The highest BCUT2D eigenvalue weighted by atomic mass is 16.4. The lowest BCUT2D eigenvalue weighted by atomic mass is 9.90. The zero-order chi connectivity index (χ0) is 10.7. The molecule has 0 radical (unpaired) electrons. The van der Waals surface area contributed by atoms with Crippen LogP contribution in [0.4, 0.5) is 0 Å². The molecule has 1 aliphatic carbocycles. The van der Waals surface area contributed by atoms with Crippen LogP contribution in [0.2, 0.25) is 0 Å². The first-order valence-electron chi connectivity index (χ1n) is 5.47. The van der Waals surface area contributed by atoms with Gasteiger partial charge in [0.15, 0.2) is 0 Å². The first kappa shape index (κ1) is 10.2. The molecule has 0 saturated heterocycles. The van der Waals surface area contributed by atoms with Crippen LogP contribution in [-0.4, -0.2) is 20.6 Å². The van der Waals surface area contributed by atoms with E-state index in [-0.39, 0.29) is 0 Å². The Kier molecular flexibility index (Phi) is 2.75. The minimum absolute atomic E-state index is 0.720. The van der Waals surface area contributed by atoms with Gasteiger partial charge in [-0.25, -0.2) is 9.78 Å². The van der Waals surface area contributed by atoms with E-state index in [0.29, 0.717) is 0 Å². The smallest absolute Gasteiger partial charge is 0.329 e. The third-order valence-corrected chi connectivity index (χ3v) is 3.33. The number of carbonyl (C=O) groups is 1. The van der Waals surface area contributed by atoms with Crippen LogP contribution in [0, 0.1) is 0 Å². The Labute approximate surface area is 88.9 Å². The molecule has 1 heterocycles. The summed E-state index contributed by atoms with van der Waals surface area (Å²) in [5.41, 5.74) is -0.743. The summed E-state index contributed by atoms with van der Waals surface area (Å²) in [5.74, 6) is -0.720. The Bertz CT molecular complexity index is 324. The van der Waals surface area contributed by atoms with E-state index >= 15 is 0 Å². The van der Waals surface area contributed by atoms with Gasteiger partial charge >= 0.3 is 5.97 Å². The second-order valence-electron chi connectivity index (χ2n) is 4.22. The molecule has 1 aromatic rings. The molecule has 1 N–H and O–H groups in total. The quantitative estimate of drug-likeness (QED) is 0.756. The highest BCUT2D eigenvalue weighted by molar-refractivity contribution is 5.76. The molecule has 82 valence electrons. The van der Waals surface area contributed by atoms with Crippen molar-refractivity contribution in [3.8, 4) is 0 Å².